The predicted molar refractivity (Wildman–Crippen MR) is 37.4 cm³/mol. The van der Waals surface area contributed by atoms with Gasteiger partial charge in [0, 0.05) is 0 Å². The molecule has 9 heavy (non-hydrogen) atoms. The van der Waals surface area contributed by atoms with Crippen LogP contribution in [0.3, 0.4) is 0 Å². The molecule has 0 aliphatic rings. The second kappa shape index (κ2) is 2.98. The van der Waals surface area contributed by atoms with Crippen molar-refractivity contribution in [1.29, 1.82) is 0 Å². The molecule has 1 aromatic heterocycles. The average molecular weight is 162 g/mol. The smallest absolute Gasteiger partial charge is 0.120 e. The highest BCUT2D eigenvalue weighted by atomic mass is 35.5. The molecule has 0 amide bonds. The number of hydrogen-bond donors (Lipinski definition) is 1. The van der Waals surface area contributed by atoms with E-state index in [-0.39, 0.29) is 4.71 Å². The highest BCUT2D eigenvalue weighted by molar-refractivity contribution is 7.81. The minimum absolute atomic E-state index is 0.388. The van der Waals surface area contributed by atoms with Gasteiger partial charge in [0.2, 0.25) is 0 Å². The second-order valence-corrected chi connectivity index (χ2v) is 2.64. The van der Waals surface area contributed by atoms with Crippen LogP contribution >= 0.6 is 24.2 Å². The Labute approximate surface area is 62.9 Å². The minimum atomic E-state index is -0.388. The third kappa shape index (κ3) is 1.80. The number of halogens is 1. The number of hydrogen-bond acceptors (Lipinski definition) is 4. The molecule has 5 heteroatoms. The molecular formula is C4H4ClN3S. The van der Waals surface area contributed by atoms with Gasteiger partial charge < -0.3 is 0 Å². The van der Waals surface area contributed by atoms with E-state index in [0.29, 0.717) is 5.69 Å². The highest BCUT2D eigenvalue weighted by Gasteiger charge is 2.00. The van der Waals surface area contributed by atoms with Crippen LogP contribution in [-0.2, 0) is 0 Å². The molecule has 3 nitrogen and oxygen atoms in total. The van der Waals surface area contributed by atoms with E-state index in [0.717, 1.165) is 0 Å². The quantitative estimate of drug-likeness (QED) is 0.494. The zero-order chi connectivity index (χ0) is 6.69. The molecule has 0 spiro atoms. The third-order valence-electron chi connectivity index (χ3n) is 0.768. The largest absolute Gasteiger partial charge is 0.153 e. The van der Waals surface area contributed by atoms with Crippen LogP contribution < -0.4 is 0 Å². The zero-order valence-corrected chi connectivity index (χ0v) is 6.05. The Morgan fingerprint density at radius 1 is 1.67 bits per heavy atom. The van der Waals surface area contributed by atoms with Crippen LogP contribution in [0.25, 0.3) is 0 Å². The summed E-state index contributed by atoms with van der Waals surface area (Å²) in [7, 11) is 0. The molecule has 0 radical (unpaired) electrons. The van der Waals surface area contributed by atoms with Crippen LogP contribution in [-0.4, -0.2) is 15.4 Å². The molecule has 1 aromatic rings. The van der Waals surface area contributed by atoms with Gasteiger partial charge in [0.15, 0.2) is 0 Å². The zero-order valence-electron chi connectivity index (χ0n) is 4.40. The average Bonchev–Trinajstić information content (AvgIpc) is 1.90. The molecule has 1 rings (SSSR count). The number of thiol groups is 1. The van der Waals surface area contributed by atoms with Crippen molar-refractivity contribution in [2.24, 2.45) is 0 Å². The lowest BCUT2D eigenvalue weighted by Gasteiger charge is -1.95. The van der Waals surface area contributed by atoms with Crippen molar-refractivity contribution in [3.63, 3.8) is 0 Å². The Kier molecular flexibility index (Phi) is 2.24. The molecule has 1 atom stereocenters. The fourth-order valence-corrected chi connectivity index (χ4v) is 0.631. The first kappa shape index (κ1) is 6.77. The summed E-state index contributed by atoms with van der Waals surface area (Å²) in [4.78, 5) is 0. The van der Waals surface area contributed by atoms with Crippen molar-refractivity contribution in [3.8, 4) is 0 Å². The third-order valence-corrected chi connectivity index (χ3v) is 1.26. The maximum atomic E-state index is 5.54. The molecule has 1 heterocycles. The first-order valence-electron chi connectivity index (χ1n) is 2.27. The van der Waals surface area contributed by atoms with E-state index in [2.05, 4.69) is 28.0 Å². The lowest BCUT2D eigenvalue weighted by Crippen LogP contribution is -1.91. The van der Waals surface area contributed by atoms with Gasteiger partial charge in [-0.05, 0) is 11.3 Å². The molecule has 0 aliphatic carbocycles. The number of alkyl halides is 1. The summed E-state index contributed by atoms with van der Waals surface area (Å²) in [5.74, 6) is 0. The van der Waals surface area contributed by atoms with Crippen molar-refractivity contribution in [3.05, 3.63) is 18.0 Å². The van der Waals surface area contributed by atoms with Gasteiger partial charge in [-0.15, -0.1) is 21.8 Å². The van der Waals surface area contributed by atoms with Gasteiger partial charge in [0.25, 0.3) is 0 Å². The standard InChI is InChI=1S/C4H4ClN3S/c5-4(9)3-1-2-6-8-7-3/h1-2,4,9H. The Bertz CT molecular complexity index is 178. The van der Waals surface area contributed by atoms with E-state index < -0.39 is 0 Å². The SMILES string of the molecule is SC(Cl)c1ccnnn1. The van der Waals surface area contributed by atoms with E-state index in [1.807, 2.05) is 0 Å². The number of rotatable bonds is 1. The summed E-state index contributed by atoms with van der Waals surface area (Å²) in [5, 5.41) is 10.5. The Balaban J connectivity index is 2.85. The minimum Gasteiger partial charge on any atom is -0.153 e. The van der Waals surface area contributed by atoms with E-state index >= 15 is 0 Å². The Morgan fingerprint density at radius 2 is 2.44 bits per heavy atom. The molecule has 0 N–H and O–H groups in total. The molecule has 0 bridgehead atoms. The summed E-state index contributed by atoms with van der Waals surface area (Å²) in [6.45, 7) is 0. The fraction of sp³-hybridized carbons (Fsp3) is 0.250. The van der Waals surface area contributed by atoms with E-state index in [1.54, 1.807) is 6.07 Å². The monoisotopic (exact) mass is 161 g/mol. The summed E-state index contributed by atoms with van der Waals surface area (Å²) < 4.78 is -0.388. The maximum absolute atomic E-state index is 5.54. The van der Waals surface area contributed by atoms with E-state index in [4.69, 9.17) is 11.6 Å². The summed E-state index contributed by atoms with van der Waals surface area (Å²) >= 11 is 9.46. The summed E-state index contributed by atoms with van der Waals surface area (Å²) in [6.07, 6.45) is 1.52. The van der Waals surface area contributed by atoms with Gasteiger partial charge in [-0.3, -0.25) is 0 Å². The van der Waals surface area contributed by atoms with E-state index in [1.165, 1.54) is 6.20 Å². The van der Waals surface area contributed by atoms with Gasteiger partial charge in [-0.2, -0.15) is 12.6 Å². The fourth-order valence-electron chi connectivity index (χ4n) is 0.377. The number of aromatic nitrogens is 3. The van der Waals surface area contributed by atoms with Gasteiger partial charge in [0.05, 0.1) is 11.9 Å². The molecular weight excluding hydrogens is 158 g/mol. The molecule has 0 aliphatic heterocycles. The second-order valence-electron chi connectivity index (χ2n) is 1.38. The predicted octanol–water partition coefficient (Wildman–Crippen LogP) is 1.04. The topological polar surface area (TPSA) is 38.7 Å². The maximum Gasteiger partial charge on any atom is 0.120 e. The van der Waals surface area contributed by atoms with Crippen LogP contribution in [0, 0.1) is 0 Å². The van der Waals surface area contributed by atoms with Crippen molar-refractivity contribution in [1.82, 2.24) is 15.4 Å². The van der Waals surface area contributed by atoms with Gasteiger partial charge in [-0.1, -0.05) is 0 Å². The van der Waals surface area contributed by atoms with Gasteiger partial charge in [-0.25, -0.2) is 0 Å². The summed E-state index contributed by atoms with van der Waals surface area (Å²) in [6, 6.07) is 1.66. The molecule has 0 aromatic carbocycles. The van der Waals surface area contributed by atoms with Gasteiger partial charge in [0.1, 0.15) is 4.71 Å². The molecule has 1 unspecified atom stereocenters. The molecule has 0 saturated carbocycles. The molecule has 0 saturated heterocycles. The lowest BCUT2D eigenvalue weighted by molar-refractivity contribution is 0.832. The van der Waals surface area contributed by atoms with E-state index in [9.17, 15) is 0 Å². The first-order chi connectivity index (χ1) is 4.30. The van der Waals surface area contributed by atoms with Crippen LogP contribution in [0.1, 0.15) is 10.4 Å². The van der Waals surface area contributed by atoms with Gasteiger partial charge >= 0.3 is 0 Å². The van der Waals surface area contributed by atoms with Crippen molar-refractivity contribution in [2.75, 3.05) is 0 Å². The van der Waals surface area contributed by atoms with Crippen LogP contribution in [0.15, 0.2) is 12.3 Å². The van der Waals surface area contributed by atoms with Crippen molar-refractivity contribution in [2.45, 2.75) is 4.71 Å². The van der Waals surface area contributed by atoms with Crippen molar-refractivity contribution < 1.29 is 0 Å². The Hall–Kier alpha value is -0.350. The highest BCUT2D eigenvalue weighted by Crippen LogP contribution is 2.19. The Morgan fingerprint density at radius 3 is 2.78 bits per heavy atom. The molecule has 48 valence electrons. The van der Waals surface area contributed by atoms with Crippen LogP contribution in [0.2, 0.25) is 0 Å². The lowest BCUT2D eigenvalue weighted by atomic mass is 10.5. The summed E-state index contributed by atoms with van der Waals surface area (Å²) in [5.41, 5.74) is 0.620. The number of nitrogens with zero attached hydrogens (tertiary/aromatic N) is 3. The van der Waals surface area contributed by atoms with Crippen LogP contribution in [0.4, 0.5) is 0 Å². The first-order valence-corrected chi connectivity index (χ1v) is 3.22. The molecule has 0 fully saturated rings. The van der Waals surface area contributed by atoms with Crippen LogP contribution in [0.5, 0.6) is 0 Å². The van der Waals surface area contributed by atoms with Crippen molar-refractivity contribution >= 4 is 24.2 Å². The normalized spacial score (nSPS) is 13.1.